The standard InChI is InChI=1S/C21H22ClN3O3S/c1-27-12-11-23-18(26)13-29-21-19(14-5-9-17(28-2)10-6-14)24-20(25-21)15-3-7-16(22)8-4-15/h3-10H,11-13H2,1-2H3,(H,23,26)(H,24,25). The first-order valence-corrected chi connectivity index (χ1v) is 10.4. The molecule has 29 heavy (non-hydrogen) atoms. The summed E-state index contributed by atoms with van der Waals surface area (Å²) in [7, 11) is 3.23. The number of hydrogen-bond donors (Lipinski definition) is 2. The average Bonchev–Trinajstić information content (AvgIpc) is 3.17. The van der Waals surface area contributed by atoms with Gasteiger partial charge < -0.3 is 19.8 Å². The van der Waals surface area contributed by atoms with Crippen LogP contribution in [0.4, 0.5) is 0 Å². The lowest BCUT2D eigenvalue weighted by Crippen LogP contribution is -2.28. The molecule has 3 rings (SSSR count). The van der Waals surface area contributed by atoms with Crippen LogP contribution in [0.25, 0.3) is 22.6 Å². The van der Waals surface area contributed by atoms with E-state index in [0.29, 0.717) is 18.2 Å². The minimum Gasteiger partial charge on any atom is -0.497 e. The van der Waals surface area contributed by atoms with Crippen molar-refractivity contribution in [2.75, 3.05) is 33.1 Å². The zero-order valence-electron chi connectivity index (χ0n) is 16.2. The van der Waals surface area contributed by atoms with E-state index in [1.54, 1.807) is 14.2 Å². The number of nitrogens with one attached hydrogen (secondary N) is 2. The molecule has 0 bridgehead atoms. The first-order chi connectivity index (χ1) is 14.1. The fourth-order valence-electron chi connectivity index (χ4n) is 2.64. The van der Waals surface area contributed by atoms with Crippen LogP contribution in [0.3, 0.4) is 0 Å². The number of aromatic nitrogens is 2. The maximum absolute atomic E-state index is 12.1. The largest absolute Gasteiger partial charge is 0.497 e. The highest BCUT2D eigenvalue weighted by atomic mass is 35.5. The summed E-state index contributed by atoms with van der Waals surface area (Å²) in [6.45, 7) is 0.967. The predicted molar refractivity (Wildman–Crippen MR) is 117 cm³/mol. The number of thioether (sulfide) groups is 1. The van der Waals surface area contributed by atoms with Crippen LogP contribution in [-0.4, -0.2) is 49.0 Å². The summed E-state index contributed by atoms with van der Waals surface area (Å²) < 4.78 is 10.2. The third kappa shape index (κ3) is 5.76. The van der Waals surface area contributed by atoms with Crippen LogP contribution < -0.4 is 10.1 Å². The van der Waals surface area contributed by atoms with Gasteiger partial charge in [0.1, 0.15) is 16.6 Å². The molecular formula is C21H22ClN3O3S. The van der Waals surface area contributed by atoms with Crippen molar-refractivity contribution in [1.82, 2.24) is 15.3 Å². The van der Waals surface area contributed by atoms with E-state index < -0.39 is 0 Å². The Bertz CT molecular complexity index is 943. The van der Waals surface area contributed by atoms with Gasteiger partial charge in [-0.25, -0.2) is 4.98 Å². The van der Waals surface area contributed by atoms with E-state index in [2.05, 4.69) is 10.3 Å². The fourth-order valence-corrected chi connectivity index (χ4v) is 3.60. The number of methoxy groups -OCH3 is 2. The third-order valence-corrected chi connectivity index (χ3v) is 5.36. The Morgan fingerprint density at radius 2 is 1.79 bits per heavy atom. The summed E-state index contributed by atoms with van der Waals surface area (Å²) in [6, 6.07) is 15.2. The second-order valence-corrected chi connectivity index (χ2v) is 7.53. The number of rotatable bonds is 9. The van der Waals surface area contributed by atoms with Crippen LogP contribution in [0.1, 0.15) is 0 Å². The number of H-pyrrole nitrogens is 1. The quantitative estimate of drug-likeness (QED) is 0.391. The molecule has 0 saturated carbocycles. The maximum atomic E-state index is 12.1. The van der Waals surface area contributed by atoms with Crippen molar-refractivity contribution < 1.29 is 14.3 Å². The topological polar surface area (TPSA) is 76.2 Å². The number of hydrogen-bond acceptors (Lipinski definition) is 5. The van der Waals surface area contributed by atoms with Gasteiger partial charge in [0.15, 0.2) is 0 Å². The van der Waals surface area contributed by atoms with Crippen molar-refractivity contribution in [2.24, 2.45) is 0 Å². The summed E-state index contributed by atoms with van der Waals surface area (Å²) in [4.78, 5) is 20.2. The molecule has 6 nitrogen and oxygen atoms in total. The number of benzene rings is 2. The number of imidazole rings is 1. The molecule has 0 radical (unpaired) electrons. The maximum Gasteiger partial charge on any atom is 0.230 e. The monoisotopic (exact) mass is 431 g/mol. The Kier molecular flexibility index (Phi) is 7.57. The molecule has 2 N–H and O–H groups in total. The minimum absolute atomic E-state index is 0.0660. The lowest BCUT2D eigenvalue weighted by molar-refractivity contribution is -0.118. The normalized spacial score (nSPS) is 10.7. The molecule has 0 atom stereocenters. The van der Waals surface area contributed by atoms with Gasteiger partial charge in [-0.15, -0.1) is 0 Å². The van der Waals surface area contributed by atoms with Gasteiger partial charge >= 0.3 is 0 Å². The van der Waals surface area contributed by atoms with Crippen LogP contribution in [0.5, 0.6) is 5.75 Å². The van der Waals surface area contributed by atoms with Gasteiger partial charge in [0.2, 0.25) is 5.91 Å². The Balaban J connectivity index is 1.85. The molecule has 0 fully saturated rings. The second kappa shape index (κ2) is 10.3. The van der Waals surface area contributed by atoms with Crippen molar-refractivity contribution >= 4 is 29.3 Å². The van der Waals surface area contributed by atoms with Crippen molar-refractivity contribution in [3.8, 4) is 28.4 Å². The Hall–Kier alpha value is -2.48. The number of carbonyl (C=O) groups excluding carboxylic acids is 1. The molecule has 0 aliphatic rings. The molecule has 2 aromatic carbocycles. The van der Waals surface area contributed by atoms with E-state index in [1.807, 2.05) is 48.5 Å². The van der Waals surface area contributed by atoms with E-state index in [1.165, 1.54) is 11.8 Å². The van der Waals surface area contributed by atoms with Crippen LogP contribution in [-0.2, 0) is 9.53 Å². The van der Waals surface area contributed by atoms with Gasteiger partial charge in [-0.1, -0.05) is 23.4 Å². The van der Waals surface area contributed by atoms with Gasteiger partial charge in [-0.3, -0.25) is 4.79 Å². The molecule has 1 aromatic heterocycles. The van der Waals surface area contributed by atoms with E-state index in [9.17, 15) is 4.79 Å². The summed E-state index contributed by atoms with van der Waals surface area (Å²) in [5.41, 5.74) is 2.73. The second-order valence-electron chi connectivity index (χ2n) is 6.13. The lowest BCUT2D eigenvalue weighted by atomic mass is 10.1. The zero-order chi connectivity index (χ0) is 20.6. The first-order valence-electron chi connectivity index (χ1n) is 8.99. The minimum atomic E-state index is -0.0660. The molecule has 0 aliphatic carbocycles. The Morgan fingerprint density at radius 3 is 2.45 bits per heavy atom. The molecule has 152 valence electrons. The number of halogens is 1. The number of ether oxygens (including phenoxy) is 2. The fraction of sp³-hybridized carbons (Fsp3) is 0.238. The molecule has 8 heteroatoms. The number of nitrogens with zero attached hydrogens (tertiary/aromatic N) is 1. The number of carbonyl (C=O) groups is 1. The van der Waals surface area contributed by atoms with Crippen LogP contribution in [0.15, 0.2) is 53.6 Å². The molecule has 1 amide bonds. The highest BCUT2D eigenvalue weighted by Crippen LogP contribution is 2.33. The van der Waals surface area contributed by atoms with E-state index in [-0.39, 0.29) is 11.7 Å². The molecule has 0 aliphatic heterocycles. The van der Waals surface area contributed by atoms with Gasteiger partial charge in [-0.2, -0.15) is 0 Å². The summed E-state index contributed by atoms with van der Waals surface area (Å²) in [5, 5.41) is 4.24. The molecule has 0 spiro atoms. The molecule has 0 unspecified atom stereocenters. The smallest absolute Gasteiger partial charge is 0.230 e. The number of amides is 1. The Morgan fingerprint density at radius 1 is 1.10 bits per heavy atom. The van der Waals surface area contributed by atoms with Gasteiger partial charge in [0, 0.05) is 29.8 Å². The van der Waals surface area contributed by atoms with Gasteiger partial charge in [0.25, 0.3) is 0 Å². The van der Waals surface area contributed by atoms with Crippen molar-refractivity contribution in [2.45, 2.75) is 5.03 Å². The molecule has 3 aromatic rings. The molecule has 1 heterocycles. The first kappa shape index (κ1) is 21.2. The highest BCUT2D eigenvalue weighted by Gasteiger charge is 2.16. The van der Waals surface area contributed by atoms with E-state index in [0.717, 1.165) is 33.4 Å². The van der Waals surface area contributed by atoms with Crippen molar-refractivity contribution in [3.63, 3.8) is 0 Å². The third-order valence-electron chi connectivity index (χ3n) is 4.14. The van der Waals surface area contributed by atoms with Crippen molar-refractivity contribution in [3.05, 3.63) is 53.6 Å². The molecular weight excluding hydrogens is 410 g/mol. The summed E-state index contributed by atoms with van der Waals surface area (Å²) in [6.07, 6.45) is 0. The van der Waals surface area contributed by atoms with Crippen LogP contribution in [0, 0.1) is 0 Å². The zero-order valence-corrected chi connectivity index (χ0v) is 17.8. The molecule has 0 saturated heterocycles. The van der Waals surface area contributed by atoms with Gasteiger partial charge in [-0.05, 0) is 48.5 Å². The number of aromatic amines is 1. The van der Waals surface area contributed by atoms with E-state index >= 15 is 0 Å². The van der Waals surface area contributed by atoms with Gasteiger partial charge in [0.05, 0.1) is 25.2 Å². The SMILES string of the molecule is COCCNC(=O)CSc1nc(-c2ccc(Cl)cc2)[nH]c1-c1ccc(OC)cc1. The lowest BCUT2D eigenvalue weighted by Gasteiger charge is -2.05. The Labute approximate surface area is 179 Å². The van der Waals surface area contributed by atoms with Crippen LogP contribution >= 0.6 is 23.4 Å². The average molecular weight is 432 g/mol. The van der Waals surface area contributed by atoms with Crippen LogP contribution in [0.2, 0.25) is 5.02 Å². The van der Waals surface area contributed by atoms with Crippen molar-refractivity contribution in [1.29, 1.82) is 0 Å². The highest BCUT2D eigenvalue weighted by molar-refractivity contribution is 8.00. The summed E-state index contributed by atoms with van der Waals surface area (Å²) >= 11 is 7.38. The predicted octanol–water partition coefficient (Wildman–Crippen LogP) is 4.26. The van der Waals surface area contributed by atoms with E-state index in [4.69, 9.17) is 26.1 Å². The summed E-state index contributed by atoms with van der Waals surface area (Å²) in [5.74, 6) is 1.69.